The first-order chi connectivity index (χ1) is 10.7. The van der Waals surface area contributed by atoms with Gasteiger partial charge in [-0.3, -0.25) is 4.79 Å². The van der Waals surface area contributed by atoms with Gasteiger partial charge in [0.2, 0.25) is 0 Å². The average molecular weight is 364 g/mol. The molecule has 0 radical (unpaired) electrons. The summed E-state index contributed by atoms with van der Waals surface area (Å²) in [7, 11) is -0.540. The van der Waals surface area contributed by atoms with Crippen LogP contribution >= 0.6 is 11.6 Å². The van der Waals surface area contributed by atoms with Gasteiger partial charge < -0.3 is 4.90 Å². The Morgan fingerprint density at radius 3 is 2.52 bits per heavy atom. The van der Waals surface area contributed by atoms with Crippen LogP contribution in [-0.4, -0.2) is 68.1 Å². The molecule has 0 aliphatic carbocycles. The van der Waals surface area contributed by atoms with Gasteiger partial charge >= 0.3 is 0 Å². The number of carbonyl (C=O) groups is 1. The molecule has 1 amide bonds. The molecule has 0 bridgehead atoms. The summed E-state index contributed by atoms with van der Waals surface area (Å²) in [5.74, 6) is -0.863. The molecule has 1 aliphatic rings. The zero-order chi connectivity index (χ0) is 17.2. The van der Waals surface area contributed by atoms with E-state index in [1.165, 1.54) is 30.5 Å². The number of halogens is 2. The molecule has 1 heterocycles. The van der Waals surface area contributed by atoms with Gasteiger partial charge in [0.1, 0.15) is 5.82 Å². The van der Waals surface area contributed by atoms with Crippen molar-refractivity contribution in [3.8, 4) is 0 Å². The van der Waals surface area contributed by atoms with E-state index in [2.05, 4.69) is 0 Å². The number of nitrogens with zero attached hydrogens (tertiary/aromatic N) is 3. The van der Waals surface area contributed by atoms with Crippen LogP contribution in [0.3, 0.4) is 0 Å². The van der Waals surface area contributed by atoms with Crippen molar-refractivity contribution in [2.75, 3.05) is 40.3 Å². The lowest BCUT2D eigenvalue weighted by Gasteiger charge is -2.24. The van der Waals surface area contributed by atoms with Gasteiger partial charge in [0, 0.05) is 45.8 Å². The smallest absolute Gasteiger partial charge is 0.281 e. The summed E-state index contributed by atoms with van der Waals surface area (Å²) in [6, 6.07) is 3.82. The monoisotopic (exact) mass is 363 g/mol. The van der Waals surface area contributed by atoms with Crippen LogP contribution in [-0.2, 0) is 10.2 Å². The van der Waals surface area contributed by atoms with Crippen LogP contribution in [0, 0.1) is 5.82 Å². The SMILES string of the molecule is CN(C)S(=O)(=O)N1CCCN(C(=O)c2ccc(F)c(Cl)c2)CC1. The fraction of sp³-hybridized carbons (Fsp3) is 0.500. The van der Waals surface area contributed by atoms with Crippen LogP contribution in [0.4, 0.5) is 4.39 Å². The predicted molar refractivity (Wildman–Crippen MR) is 86.1 cm³/mol. The summed E-state index contributed by atoms with van der Waals surface area (Å²) in [4.78, 5) is 14.0. The summed E-state index contributed by atoms with van der Waals surface area (Å²) >= 11 is 5.71. The van der Waals surface area contributed by atoms with E-state index >= 15 is 0 Å². The van der Waals surface area contributed by atoms with Gasteiger partial charge in [0.15, 0.2) is 0 Å². The zero-order valence-electron chi connectivity index (χ0n) is 13.0. The van der Waals surface area contributed by atoms with E-state index in [1.54, 1.807) is 4.90 Å². The van der Waals surface area contributed by atoms with Crippen molar-refractivity contribution in [1.82, 2.24) is 13.5 Å². The van der Waals surface area contributed by atoms with Crippen LogP contribution in [0.25, 0.3) is 0 Å². The average Bonchev–Trinajstić information content (AvgIpc) is 2.75. The van der Waals surface area contributed by atoms with Crippen LogP contribution in [0.2, 0.25) is 5.02 Å². The Hall–Kier alpha value is -1.22. The van der Waals surface area contributed by atoms with Crippen LogP contribution < -0.4 is 0 Å². The van der Waals surface area contributed by atoms with Crippen LogP contribution in [0.15, 0.2) is 18.2 Å². The summed E-state index contributed by atoms with van der Waals surface area (Å²) < 4.78 is 40.0. The second-order valence-electron chi connectivity index (χ2n) is 5.46. The molecule has 1 fully saturated rings. The van der Waals surface area contributed by atoms with Gasteiger partial charge in [0.25, 0.3) is 16.1 Å². The number of hydrogen-bond acceptors (Lipinski definition) is 3. The molecule has 2 rings (SSSR count). The molecule has 0 N–H and O–H groups in total. The summed E-state index contributed by atoms with van der Waals surface area (Å²) in [5.41, 5.74) is 0.292. The molecule has 1 aromatic carbocycles. The first kappa shape index (κ1) is 18.1. The van der Waals surface area contributed by atoms with Gasteiger partial charge in [0.05, 0.1) is 5.02 Å². The second-order valence-corrected chi connectivity index (χ2v) is 8.01. The Morgan fingerprint density at radius 1 is 1.22 bits per heavy atom. The fourth-order valence-electron chi connectivity index (χ4n) is 2.37. The standard InChI is InChI=1S/C14H19ClFN3O3S/c1-17(2)23(21,22)19-7-3-6-18(8-9-19)14(20)11-4-5-13(16)12(15)10-11/h4-5,10H,3,6-9H2,1-2H3. The Balaban J connectivity index is 2.11. The van der Waals surface area contributed by atoms with Crippen molar-refractivity contribution in [2.45, 2.75) is 6.42 Å². The van der Waals surface area contributed by atoms with E-state index in [4.69, 9.17) is 11.6 Å². The molecular weight excluding hydrogens is 345 g/mol. The largest absolute Gasteiger partial charge is 0.337 e. The van der Waals surface area contributed by atoms with Crippen molar-refractivity contribution in [1.29, 1.82) is 0 Å². The molecule has 0 atom stereocenters. The number of amides is 1. The Morgan fingerprint density at radius 2 is 1.91 bits per heavy atom. The third kappa shape index (κ3) is 4.00. The summed E-state index contributed by atoms with van der Waals surface area (Å²) in [6.07, 6.45) is 0.535. The van der Waals surface area contributed by atoms with Gasteiger partial charge in [-0.05, 0) is 24.6 Å². The van der Waals surface area contributed by atoms with Crippen molar-refractivity contribution in [3.63, 3.8) is 0 Å². The van der Waals surface area contributed by atoms with Gasteiger partial charge in [-0.15, -0.1) is 0 Å². The number of rotatable bonds is 3. The Labute approximate surface area is 140 Å². The minimum absolute atomic E-state index is 0.109. The van der Waals surface area contributed by atoms with Crippen LogP contribution in [0.1, 0.15) is 16.8 Å². The minimum Gasteiger partial charge on any atom is -0.337 e. The Bertz CT molecular complexity index is 697. The second kappa shape index (κ2) is 7.12. The maximum Gasteiger partial charge on any atom is 0.281 e. The van der Waals surface area contributed by atoms with E-state index in [0.29, 0.717) is 25.1 Å². The molecule has 128 valence electrons. The molecular formula is C14H19ClFN3O3S. The molecule has 0 spiro atoms. The number of benzene rings is 1. The Kier molecular flexibility index (Phi) is 5.61. The van der Waals surface area contributed by atoms with E-state index in [1.807, 2.05) is 0 Å². The zero-order valence-corrected chi connectivity index (χ0v) is 14.6. The maximum absolute atomic E-state index is 13.2. The maximum atomic E-state index is 13.2. The van der Waals surface area contributed by atoms with E-state index in [0.717, 1.165) is 10.4 Å². The normalized spacial score (nSPS) is 17.3. The third-order valence-electron chi connectivity index (χ3n) is 3.70. The molecule has 1 aromatic rings. The number of carbonyl (C=O) groups excluding carboxylic acids is 1. The molecule has 0 unspecified atom stereocenters. The topological polar surface area (TPSA) is 60.9 Å². The highest BCUT2D eigenvalue weighted by atomic mass is 35.5. The quantitative estimate of drug-likeness (QED) is 0.816. The molecule has 9 heteroatoms. The third-order valence-corrected chi connectivity index (χ3v) is 5.93. The lowest BCUT2D eigenvalue weighted by atomic mass is 10.2. The predicted octanol–water partition coefficient (Wildman–Crippen LogP) is 1.43. The van der Waals surface area contributed by atoms with Crippen molar-refractivity contribution in [3.05, 3.63) is 34.6 Å². The van der Waals surface area contributed by atoms with Gasteiger partial charge in [-0.25, -0.2) is 4.39 Å². The van der Waals surface area contributed by atoms with Crippen molar-refractivity contribution in [2.24, 2.45) is 0 Å². The first-order valence-corrected chi connectivity index (χ1v) is 8.93. The molecule has 6 nitrogen and oxygen atoms in total. The van der Waals surface area contributed by atoms with E-state index in [-0.39, 0.29) is 24.0 Å². The summed E-state index contributed by atoms with van der Waals surface area (Å²) in [6.45, 7) is 1.30. The van der Waals surface area contributed by atoms with Crippen molar-refractivity contribution < 1.29 is 17.6 Å². The first-order valence-electron chi connectivity index (χ1n) is 7.15. The summed E-state index contributed by atoms with van der Waals surface area (Å²) in [5, 5.41) is -0.109. The number of hydrogen-bond donors (Lipinski definition) is 0. The highest BCUT2D eigenvalue weighted by Gasteiger charge is 2.28. The lowest BCUT2D eigenvalue weighted by Crippen LogP contribution is -2.42. The molecule has 1 aliphatic heterocycles. The minimum atomic E-state index is -3.49. The van der Waals surface area contributed by atoms with Gasteiger partial charge in [-0.1, -0.05) is 11.6 Å². The molecule has 23 heavy (non-hydrogen) atoms. The van der Waals surface area contributed by atoms with Crippen molar-refractivity contribution >= 4 is 27.7 Å². The highest BCUT2D eigenvalue weighted by Crippen LogP contribution is 2.18. The molecule has 0 saturated carbocycles. The van der Waals surface area contributed by atoms with E-state index < -0.39 is 16.0 Å². The van der Waals surface area contributed by atoms with Gasteiger partial charge in [-0.2, -0.15) is 17.0 Å². The van der Waals surface area contributed by atoms with E-state index in [9.17, 15) is 17.6 Å². The lowest BCUT2D eigenvalue weighted by molar-refractivity contribution is 0.0764. The fourth-order valence-corrected chi connectivity index (χ4v) is 3.68. The van der Waals surface area contributed by atoms with Crippen LogP contribution in [0.5, 0.6) is 0 Å². The highest BCUT2D eigenvalue weighted by molar-refractivity contribution is 7.86. The molecule has 1 saturated heterocycles. The molecule has 0 aromatic heterocycles.